The van der Waals surface area contributed by atoms with Crippen molar-refractivity contribution in [2.75, 3.05) is 24.7 Å². The van der Waals surface area contributed by atoms with E-state index in [9.17, 15) is 28.0 Å². The Morgan fingerprint density at radius 2 is 2.08 bits per heavy atom. The minimum Gasteiger partial charge on any atom is -0.387 e. The Kier molecular flexibility index (Phi) is 6.82. The number of hydrogen-bond acceptors (Lipinski definition) is 8. The molecule has 2 fully saturated rings. The van der Waals surface area contributed by atoms with Crippen molar-refractivity contribution in [3.63, 3.8) is 0 Å². The third kappa shape index (κ3) is 5.32. The van der Waals surface area contributed by atoms with Gasteiger partial charge in [-0.25, -0.2) is 17.3 Å². The van der Waals surface area contributed by atoms with Crippen molar-refractivity contribution < 1.29 is 22.7 Å². The Balaban J connectivity index is 1.46. The molecule has 206 valence electrons. The van der Waals surface area contributed by atoms with E-state index in [1.807, 2.05) is 12.1 Å². The van der Waals surface area contributed by atoms with Crippen LogP contribution in [0.2, 0.25) is 0 Å². The first-order valence-electron chi connectivity index (χ1n) is 12.6. The van der Waals surface area contributed by atoms with Crippen molar-refractivity contribution in [1.82, 2.24) is 24.2 Å². The highest BCUT2D eigenvalue weighted by atomic mass is 32.2. The van der Waals surface area contributed by atoms with Crippen LogP contribution in [0.5, 0.6) is 0 Å². The summed E-state index contributed by atoms with van der Waals surface area (Å²) >= 11 is 0. The molecular formula is C26H30FN7O4S. The van der Waals surface area contributed by atoms with Crippen LogP contribution in [0.3, 0.4) is 0 Å². The van der Waals surface area contributed by atoms with Crippen LogP contribution in [0, 0.1) is 17.2 Å². The van der Waals surface area contributed by atoms with Crippen molar-refractivity contribution >= 4 is 27.1 Å². The number of hydrogen-bond donors (Lipinski definition) is 3. The van der Waals surface area contributed by atoms with Gasteiger partial charge < -0.3 is 15.7 Å². The van der Waals surface area contributed by atoms with E-state index in [1.54, 1.807) is 16.6 Å². The number of fused-ring (bicyclic) bond motifs is 3. The highest BCUT2D eigenvalue weighted by Crippen LogP contribution is 2.41. The number of halogens is 1. The molecule has 39 heavy (non-hydrogen) atoms. The number of alkyl halides is 1. The topological polar surface area (TPSA) is 153 Å². The predicted molar refractivity (Wildman–Crippen MR) is 142 cm³/mol. The zero-order valence-electron chi connectivity index (χ0n) is 21.8. The van der Waals surface area contributed by atoms with Gasteiger partial charge in [-0.1, -0.05) is 0 Å². The van der Waals surface area contributed by atoms with Crippen LogP contribution in [0.15, 0.2) is 36.7 Å². The molecule has 11 nitrogen and oxygen atoms in total. The second-order valence-corrected chi connectivity index (χ2v) is 12.8. The maximum Gasteiger partial charge on any atom is 0.255 e. The summed E-state index contributed by atoms with van der Waals surface area (Å²) < 4.78 is 41.7. The second-order valence-electron chi connectivity index (χ2n) is 10.8. The summed E-state index contributed by atoms with van der Waals surface area (Å²) in [5.74, 6) is -0.482. The van der Waals surface area contributed by atoms with E-state index in [4.69, 9.17) is 0 Å². The Labute approximate surface area is 225 Å². The molecule has 1 amide bonds. The molecule has 1 aliphatic heterocycles. The fraction of sp³-hybridized carbons (Fsp3) is 0.462. The number of anilines is 1. The second kappa shape index (κ2) is 9.86. The van der Waals surface area contributed by atoms with Crippen LogP contribution in [-0.4, -0.2) is 81.5 Å². The summed E-state index contributed by atoms with van der Waals surface area (Å²) in [6.45, 7) is 2.69. The van der Waals surface area contributed by atoms with Crippen LogP contribution in [0.4, 0.5) is 10.1 Å². The number of sulfonamides is 1. The molecule has 4 atom stereocenters. The van der Waals surface area contributed by atoms with Gasteiger partial charge in [-0.15, -0.1) is 0 Å². The smallest absolute Gasteiger partial charge is 0.255 e. The molecule has 0 radical (unpaired) electrons. The third-order valence-corrected chi connectivity index (χ3v) is 8.81. The summed E-state index contributed by atoms with van der Waals surface area (Å²) in [5.41, 5.74) is 1.36. The van der Waals surface area contributed by atoms with Gasteiger partial charge in [-0.3, -0.25) is 9.78 Å². The van der Waals surface area contributed by atoms with Crippen molar-refractivity contribution in [1.29, 1.82) is 5.26 Å². The Bertz CT molecular complexity index is 1580. The average Bonchev–Trinajstić information content (AvgIpc) is 3.60. The lowest BCUT2D eigenvalue weighted by atomic mass is 10.0. The van der Waals surface area contributed by atoms with E-state index in [1.165, 1.54) is 36.8 Å². The third-order valence-electron chi connectivity index (χ3n) is 7.51. The summed E-state index contributed by atoms with van der Waals surface area (Å²) in [7, 11) is -3.30. The van der Waals surface area contributed by atoms with E-state index in [0.717, 1.165) is 6.42 Å². The number of piperidine rings is 1. The average molecular weight is 556 g/mol. The fourth-order valence-corrected chi connectivity index (χ4v) is 6.55. The van der Waals surface area contributed by atoms with Gasteiger partial charge in [0.05, 0.1) is 58.3 Å². The zero-order chi connectivity index (χ0) is 28.1. The first-order chi connectivity index (χ1) is 18.3. The lowest BCUT2D eigenvalue weighted by Gasteiger charge is -2.31. The molecule has 5 rings (SSSR count). The molecular weight excluding hydrogens is 525 g/mol. The summed E-state index contributed by atoms with van der Waals surface area (Å²) in [5, 5.41) is 29.4. The van der Waals surface area contributed by atoms with Crippen molar-refractivity contribution in [2.45, 2.75) is 50.5 Å². The van der Waals surface area contributed by atoms with Crippen molar-refractivity contribution in [3.8, 4) is 17.5 Å². The molecule has 3 N–H and O–H groups in total. The Morgan fingerprint density at radius 1 is 1.31 bits per heavy atom. The first-order valence-corrected chi connectivity index (χ1v) is 14.5. The summed E-state index contributed by atoms with van der Waals surface area (Å²) in [6, 6.07) is 8.94. The highest BCUT2D eigenvalue weighted by Gasteiger charge is 2.48. The quantitative estimate of drug-likeness (QED) is 0.381. The lowest BCUT2D eigenvalue weighted by Crippen LogP contribution is -2.43. The van der Waals surface area contributed by atoms with Gasteiger partial charge in [0.2, 0.25) is 10.0 Å². The first kappa shape index (κ1) is 27.0. The summed E-state index contributed by atoms with van der Waals surface area (Å²) in [4.78, 5) is 17.6. The van der Waals surface area contributed by atoms with Crippen molar-refractivity contribution in [2.24, 2.45) is 5.92 Å². The molecule has 1 saturated heterocycles. The predicted octanol–water partition coefficient (Wildman–Crippen LogP) is 1.94. The minimum absolute atomic E-state index is 0.0690. The number of nitrogens with one attached hydrogen (secondary N) is 2. The van der Waals surface area contributed by atoms with E-state index < -0.39 is 27.7 Å². The largest absolute Gasteiger partial charge is 0.387 e. The number of nitrogens with zero attached hydrogens (tertiary/aromatic N) is 5. The van der Waals surface area contributed by atoms with Crippen LogP contribution in [0.25, 0.3) is 16.9 Å². The normalized spacial score (nSPS) is 22.1. The van der Waals surface area contributed by atoms with Gasteiger partial charge in [-0.05, 0) is 56.9 Å². The fourth-order valence-electron chi connectivity index (χ4n) is 5.37. The lowest BCUT2D eigenvalue weighted by molar-refractivity contribution is -0.00177. The van der Waals surface area contributed by atoms with Crippen LogP contribution >= 0.6 is 0 Å². The molecule has 3 aromatic rings. The number of carbonyl (C=O) groups excluding carboxylic acids is 1. The van der Waals surface area contributed by atoms with Crippen LogP contribution < -0.4 is 10.6 Å². The molecule has 0 unspecified atom stereocenters. The molecule has 4 heterocycles. The van der Waals surface area contributed by atoms with Gasteiger partial charge >= 0.3 is 0 Å². The SMILES string of the molecule is CC(C)(O)[C@H](F)CNC(=O)c1cnc(-c2ccc3cc(C#N)cnn23)cc1N[C@H]1C[C@@H]2C[C@H]1CN2S(C)(=O)=O. The van der Waals surface area contributed by atoms with E-state index in [-0.39, 0.29) is 30.1 Å². The maximum atomic E-state index is 14.3. The minimum atomic E-state index is -3.30. The number of aliphatic hydroxyl groups is 1. The number of rotatable bonds is 8. The van der Waals surface area contributed by atoms with Gasteiger partial charge in [0.25, 0.3) is 5.91 Å². The molecule has 2 aliphatic rings. The van der Waals surface area contributed by atoms with E-state index >= 15 is 0 Å². The number of aromatic nitrogens is 3. The maximum absolute atomic E-state index is 14.3. The molecule has 3 aromatic heterocycles. The summed E-state index contributed by atoms with van der Waals surface area (Å²) in [6.07, 6.45) is 3.73. The van der Waals surface area contributed by atoms with Gasteiger partial charge in [0, 0.05) is 24.8 Å². The standard InChI is InChI=1S/C26H30FN7O4S/c1-26(2,36)24(27)13-30-25(35)19-12-29-22(23-5-4-17-6-15(10-28)11-31-34(17)23)9-21(19)32-20-8-18-7-16(20)14-33(18)39(3,37)38/h4-6,9,11-12,16,18,20,24,36H,7-8,13-14H2,1-3H3,(H,29,32)(H,30,35)/t16-,18-,20-,24+/m0/s1. The number of carbonyl (C=O) groups is 1. The number of nitriles is 1. The Hall–Kier alpha value is -3.60. The molecule has 2 bridgehead atoms. The van der Waals surface area contributed by atoms with Crippen molar-refractivity contribution in [3.05, 3.63) is 47.8 Å². The monoisotopic (exact) mass is 555 g/mol. The van der Waals surface area contributed by atoms with E-state index in [2.05, 4.69) is 26.8 Å². The highest BCUT2D eigenvalue weighted by molar-refractivity contribution is 7.88. The van der Waals surface area contributed by atoms with Gasteiger partial charge in [0.1, 0.15) is 12.2 Å². The Morgan fingerprint density at radius 3 is 2.72 bits per heavy atom. The number of pyridine rings is 1. The molecule has 0 aromatic carbocycles. The van der Waals surface area contributed by atoms with Crippen LogP contribution in [0.1, 0.15) is 42.6 Å². The van der Waals surface area contributed by atoms with Gasteiger partial charge in [-0.2, -0.15) is 14.7 Å². The van der Waals surface area contributed by atoms with Gasteiger partial charge in [0.15, 0.2) is 0 Å². The molecule has 0 spiro atoms. The van der Waals surface area contributed by atoms with E-state index in [0.29, 0.717) is 41.1 Å². The zero-order valence-corrected chi connectivity index (χ0v) is 22.6. The van der Waals surface area contributed by atoms with Crippen LogP contribution in [-0.2, 0) is 10.0 Å². The molecule has 1 saturated carbocycles. The molecule has 13 heteroatoms. The number of amides is 1. The molecule has 1 aliphatic carbocycles.